The van der Waals surface area contributed by atoms with Crippen LogP contribution in [-0.2, 0) is 9.53 Å². The van der Waals surface area contributed by atoms with Crippen LogP contribution in [0.25, 0.3) is 0 Å². The van der Waals surface area contributed by atoms with Crippen molar-refractivity contribution in [3.63, 3.8) is 0 Å². The van der Waals surface area contributed by atoms with Crippen LogP contribution in [0.2, 0.25) is 0 Å². The molecule has 18 heavy (non-hydrogen) atoms. The third-order valence-corrected chi connectivity index (χ3v) is 3.80. The highest BCUT2D eigenvalue weighted by atomic mass is 16.5. The molecular formula is C13H26N2O3. The van der Waals surface area contributed by atoms with Crippen molar-refractivity contribution < 1.29 is 14.6 Å². The van der Waals surface area contributed by atoms with Crippen molar-refractivity contribution in [3.8, 4) is 0 Å². The average molecular weight is 258 g/mol. The van der Waals surface area contributed by atoms with Gasteiger partial charge in [-0.25, -0.2) is 0 Å². The number of piperazine rings is 1. The third-order valence-electron chi connectivity index (χ3n) is 3.80. The summed E-state index contributed by atoms with van der Waals surface area (Å²) in [4.78, 5) is 15.7. The maximum absolute atomic E-state index is 11.2. The van der Waals surface area contributed by atoms with E-state index in [1.54, 1.807) is 7.11 Å². The molecule has 1 heterocycles. The van der Waals surface area contributed by atoms with Crippen LogP contribution in [0.1, 0.15) is 26.7 Å². The number of carbonyl (C=O) groups is 1. The molecule has 0 radical (unpaired) electrons. The van der Waals surface area contributed by atoms with Crippen LogP contribution < -0.4 is 0 Å². The van der Waals surface area contributed by atoms with Gasteiger partial charge in [0.05, 0.1) is 6.61 Å². The Morgan fingerprint density at radius 3 is 2.67 bits per heavy atom. The molecule has 2 atom stereocenters. The summed E-state index contributed by atoms with van der Waals surface area (Å²) in [5.41, 5.74) is 0. The molecule has 1 fully saturated rings. The van der Waals surface area contributed by atoms with E-state index in [-0.39, 0.29) is 6.04 Å². The molecule has 0 amide bonds. The van der Waals surface area contributed by atoms with Crippen LogP contribution in [0.5, 0.6) is 0 Å². The van der Waals surface area contributed by atoms with Crippen molar-refractivity contribution in [1.29, 1.82) is 0 Å². The van der Waals surface area contributed by atoms with Gasteiger partial charge in [-0.05, 0) is 12.8 Å². The number of carboxylic acids is 1. The molecule has 0 bridgehead atoms. The van der Waals surface area contributed by atoms with E-state index >= 15 is 0 Å². The molecule has 1 aliphatic rings. The average Bonchev–Trinajstić information content (AvgIpc) is 2.37. The van der Waals surface area contributed by atoms with Crippen molar-refractivity contribution in [3.05, 3.63) is 0 Å². The minimum absolute atomic E-state index is 0.330. The van der Waals surface area contributed by atoms with Crippen LogP contribution in [0.4, 0.5) is 0 Å². The Balaban J connectivity index is 2.56. The van der Waals surface area contributed by atoms with E-state index in [0.29, 0.717) is 12.5 Å². The number of carboxylic acid groups (broad SMARTS) is 1. The lowest BCUT2D eigenvalue weighted by Gasteiger charge is -2.43. The first-order valence-electron chi connectivity index (χ1n) is 6.83. The highest BCUT2D eigenvalue weighted by Crippen LogP contribution is 2.16. The van der Waals surface area contributed by atoms with E-state index in [1.807, 2.05) is 6.92 Å². The molecule has 106 valence electrons. The number of ether oxygens (including phenoxy) is 1. The molecule has 1 N–H and O–H groups in total. The van der Waals surface area contributed by atoms with Crippen molar-refractivity contribution in [2.24, 2.45) is 0 Å². The SMILES string of the molecule is CC[C@@H]1CN([C@H](CC)C(=O)O)CCN1CCOC. The molecular weight excluding hydrogens is 232 g/mol. The summed E-state index contributed by atoms with van der Waals surface area (Å²) < 4.78 is 5.12. The number of methoxy groups -OCH3 is 1. The first kappa shape index (κ1) is 15.4. The summed E-state index contributed by atoms with van der Waals surface area (Å²) in [6.45, 7) is 8.41. The van der Waals surface area contributed by atoms with E-state index in [2.05, 4.69) is 16.7 Å². The lowest BCUT2D eigenvalue weighted by atomic mass is 10.1. The van der Waals surface area contributed by atoms with E-state index in [1.165, 1.54) is 0 Å². The van der Waals surface area contributed by atoms with Gasteiger partial charge in [-0.1, -0.05) is 13.8 Å². The smallest absolute Gasteiger partial charge is 0.320 e. The van der Waals surface area contributed by atoms with Crippen LogP contribution >= 0.6 is 0 Å². The highest BCUT2D eigenvalue weighted by Gasteiger charge is 2.31. The Bertz CT molecular complexity index is 261. The summed E-state index contributed by atoms with van der Waals surface area (Å²) in [5, 5.41) is 9.22. The zero-order valence-corrected chi connectivity index (χ0v) is 11.8. The van der Waals surface area contributed by atoms with E-state index in [9.17, 15) is 9.90 Å². The molecule has 0 aromatic carbocycles. The molecule has 5 heteroatoms. The zero-order valence-electron chi connectivity index (χ0n) is 11.8. The predicted molar refractivity (Wildman–Crippen MR) is 70.8 cm³/mol. The Morgan fingerprint density at radius 2 is 2.17 bits per heavy atom. The minimum atomic E-state index is -0.697. The molecule has 5 nitrogen and oxygen atoms in total. The number of aliphatic carboxylic acids is 1. The van der Waals surface area contributed by atoms with E-state index in [4.69, 9.17) is 4.74 Å². The maximum atomic E-state index is 11.2. The van der Waals surface area contributed by atoms with Gasteiger partial charge in [0.25, 0.3) is 0 Å². The van der Waals surface area contributed by atoms with E-state index in [0.717, 1.165) is 39.2 Å². The topological polar surface area (TPSA) is 53.0 Å². The van der Waals surface area contributed by atoms with Crippen molar-refractivity contribution in [2.45, 2.75) is 38.8 Å². The van der Waals surface area contributed by atoms with Gasteiger partial charge in [-0.2, -0.15) is 0 Å². The van der Waals surface area contributed by atoms with Crippen molar-refractivity contribution in [2.75, 3.05) is 39.9 Å². The minimum Gasteiger partial charge on any atom is -0.480 e. The van der Waals surface area contributed by atoms with Crippen LogP contribution in [0, 0.1) is 0 Å². The summed E-state index contributed by atoms with van der Waals surface area (Å²) >= 11 is 0. The summed E-state index contributed by atoms with van der Waals surface area (Å²) in [5.74, 6) is -0.697. The lowest BCUT2D eigenvalue weighted by Crippen LogP contribution is -2.57. The first-order chi connectivity index (χ1) is 8.63. The molecule has 0 unspecified atom stereocenters. The van der Waals surface area contributed by atoms with Gasteiger partial charge in [0, 0.05) is 39.3 Å². The van der Waals surface area contributed by atoms with Crippen molar-refractivity contribution in [1.82, 2.24) is 9.80 Å². The van der Waals surface area contributed by atoms with Crippen molar-refractivity contribution >= 4 is 5.97 Å². The van der Waals surface area contributed by atoms with E-state index < -0.39 is 5.97 Å². The lowest BCUT2D eigenvalue weighted by molar-refractivity contribution is -0.144. The second kappa shape index (κ2) is 7.71. The van der Waals surface area contributed by atoms with Gasteiger partial charge < -0.3 is 9.84 Å². The molecule has 0 spiro atoms. The van der Waals surface area contributed by atoms with Gasteiger partial charge >= 0.3 is 5.97 Å². The third kappa shape index (κ3) is 3.93. The fourth-order valence-electron chi connectivity index (χ4n) is 2.68. The summed E-state index contributed by atoms with van der Waals surface area (Å²) in [7, 11) is 1.72. The maximum Gasteiger partial charge on any atom is 0.320 e. The Kier molecular flexibility index (Phi) is 6.60. The Labute approximate surface area is 110 Å². The van der Waals surface area contributed by atoms with Gasteiger partial charge in [0.2, 0.25) is 0 Å². The van der Waals surface area contributed by atoms with Gasteiger partial charge in [0.15, 0.2) is 0 Å². The molecule has 0 saturated carbocycles. The number of nitrogens with zero attached hydrogens (tertiary/aromatic N) is 2. The number of hydrogen-bond acceptors (Lipinski definition) is 4. The van der Waals surface area contributed by atoms with Gasteiger partial charge in [0.1, 0.15) is 6.04 Å². The van der Waals surface area contributed by atoms with Crippen LogP contribution in [0.3, 0.4) is 0 Å². The fraction of sp³-hybridized carbons (Fsp3) is 0.923. The second-order valence-corrected chi connectivity index (χ2v) is 4.85. The molecule has 0 aromatic rings. The first-order valence-corrected chi connectivity index (χ1v) is 6.83. The van der Waals surface area contributed by atoms with Gasteiger partial charge in [-0.3, -0.25) is 14.6 Å². The molecule has 0 aliphatic carbocycles. The van der Waals surface area contributed by atoms with Crippen LogP contribution in [-0.4, -0.2) is 72.9 Å². The highest BCUT2D eigenvalue weighted by molar-refractivity contribution is 5.73. The van der Waals surface area contributed by atoms with Crippen LogP contribution in [0.15, 0.2) is 0 Å². The largest absolute Gasteiger partial charge is 0.480 e. The summed E-state index contributed by atoms with van der Waals surface area (Å²) in [6.07, 6.45) is 1.72. The molecule has 1 aliphatic heterocycles. The Hall–Kier alpha value is -0.650. The van der Waals surface area contributed by atoms with Gasteiger partial charge in [-0.15, -0.1) is 0 Å². The zero-order chi connectivity index (χ0) is 13.5. The monoisotopic (exact) mass is 258 g/mol. The molecule has 0 aromatic heterocycles. The normalized spacial score (nSPS) is 24.1. The quantitative estimate of drug-likeness (QED) is 0.735. The predicted octanol–water partition coefficient (Wildman–Crippen LogP) is 0.892. The summed E-state index contributed by atoms with van der Waals surface area (Å²) in [6, 6.07) is 0.117. The number of rotatable bonds is 7. The fourth-order valence-corrected chi connectivity index (χ4v) is 2.68. The standard InChI is InChI=1S/C13H26N2O3/c1-4-11-10-15(12(5-2)13(16)17)7-6-14(11)8-9-18-3/h11-12H,4-10H2,1-3H3,(H,16,17)/t11-,12-/m1/s1. The Morgan fingerprint density at radius 1 is 1.44 bits per heavy atom. The molecule has 1 rings (SSSR count). The second-order valence-electron chi connectivity index (χ2n) is 4.85. The molecule has 1 saturated heterocycles. The number of hydrogen-bond donors (Lipinski definition) is 1.